The fraction of sp³-hybridized carbons (Fsp3) is 0.645. The van der Waals surface area contributed by atoms with Crippen LogP contribution in [0.25, 0.3) is 0 Å². The standard InChI is InChI=1S/C31H45NO6/c1-20-13-14-36-24(16-20)11-12-28(35-4)26-19-29-31(38-29)27(33)18-22(3)15-21(2)17-25-9-5-7-23(37-25)8-6-10-30(34)32-26/h5-7,10-13,21,23-29,31,33H,3,8-9,14-19H2,1-2,4H3,(H,32,34)/b10-6-,12-11+/t21-,23-,24+,25-,26-,27-,28-,29-,31?/m0/s1. The summed E-state index contributed by atoms with van der Waals surface area (Å²) in [7, 11) is 1.64. The number of carbonyl (C=O) groups excluding carboxylic acids is 1. The number of carbonyl (C=O) groups is 1. The minimum atomic E-state index is -0.616. The SMILES string of the molecule is C=C1C[C@H](C)C[C@@H]2CC=C[C@@H](C/C=C\C(=O)N[C@H]([C@H](/C=C/[C@@H]3CC(C)=CCO3)OC)C[C@@H]3OC3[C@@H](O)C1)O2. The minimum Gasteiger partial charge on any atom is -0.390 e. The normalized spacial score (nSPS) is 38.9. The Balaban J connectivity index is 1.47. The van der Waals surface area contributed by atoms with E-state index in [1.165, 1.54) is 5.57 Å². The average molecular weight is 528 g/mol. The number of hydrogen-bond donors (Lipinski definition) is 2. The second-order valence-electron chi connectivity index (χ2n) is 11.4. The molecule has 4 aliphatic heterocycles. The van der Waals surface area contributed by atoms with Gasteiger partial charge in [0, 0.05) is 7.11 Å². The van der Waals surface area contributed by atoms with Crippen LogP contribution in [0.4, 0.5) is 0 Å². The highest BCUT2D eigenvalue weighted by molar-refractivity contribution is 5.87. The number of hydrogen-bond acceptors (Lipinski definition) is 6. The van der Waals surface area contributed by atoms with Crippen molar-refractivity contribution in [3.8, 4) is 0 Å². The number of ether oxygens (including phenoxy) is 4. The van der Waals surface area contributed by atoms with Crippen molar-refractivity contribution < 1.29 is 28.8 Å². The molecule has 0 saturated carbocycles. The molecule has 1 unspecified atom stereocenters. The van der Waals surface area contributed by atoms with Crippen molar-refractivity contribution >= 4 is 5.91 Å². The zero-order valence-electron chi connectivity index (χ0n) is 23.1. The predicted molar refractivity (Wildman–Crippen MR) is 148 cm³/mol. The summed E-state index contributed by atoms with van der Waals surface area (Å²) in [5.41, 5.74) is 2.34. The first-order valence-electron chi connectivity index (χ1n) is 14.1. The first-order chi connectivity index (χ1) is 18.3. The zero-order valence-corrected chi connectivity index (χ0v) is 23.1. The van der Waals surface area contributed by atoms with Gasteiger partial charge in [0.15, 0.2) is 0 Å². The van der Waals surface area contributed by atoms with Gasteiger partial charge in [-0.05, 0) is 63.9 Å². The van der Waals surface area contributed by atoms with E-state index in [2.05, 4.69) is 44.0 Å². The van der Waals surface area contributed by atoms with Gasteiger partial charge >= 0.3 is 0 Å². The third kappa shape index (κ3) is 8.75. The van der Waals surface area contributed by atoms with E-state index in [0.29, 0.717) is 31.8 Å². The summed E-state index contributed by atoms with van der Waals surface area (Å²) in [6.07, 6.45) is 17.7. The van der Waals surface area contributed by atoms with E-state index in [-0.39, 0.29) is 48.6 Å². The molecule has 0 aliphatic carbocycles. The number of methoxy groups -OCH3 is 1. The molecule has 9 atom stereocenters. The van der Waals surface area contributed by atoms with Gasteiger partial charge in [-0.2, -0.15) is 0 Å². The molecule has 2 bridgehead atoms. The highest BCUT2D eigenvalue weighted by Gasteiger charge is 2.46. The van der Waals surface area contributed by atoms with E-state index in [1.54, 1.807) is 13.2 Å². The van der Waals surface area contributed by atoms with Crippen molar-refractivity contribution in [2.75, 3.05) is 13.7 Å². The van der Waals surface area contributed by atoms with Crippen LogP contribution < -0.4 is 5.32 Å². The second-order valence-corrected chi connectivity index (χ2v) is 11.4. The predicted octanol–water partition coefficient (Wildman–Crippen LogP) is 4.33. The maximum Gasteiger partial charge on any atom is 0.243 e. The lowest BCUT2D eigenvalue weighted by Crippen LogP contribution is -2.44. The average Bonchev–Trinajstić information content (AvgIpc) is 3.63. The summed E-state index contributed by atoms with van der Waals surface area (Å²) in [5.74, 6) is 0.226. The highest BCUT2D eigenvalue weighted by Crippen LogP contribution is 2.34. The summed E-state index contributed by atoms with van der Waals surface area (Å²) in [6.45, 7) is 9.16. The zero-order chi connectivity index (χ0) is 27.1. The van der Waals surface area contributed by atoms with Crippen LogP contribution in [0.5, 0.6) is 0 Å². The van der Waals surface area contributed by atoms with Crippen molar-refractivity contribution in [3.05, 3.63) is 60.3 Å². The molecule has 4 heterocycles. The van der Waals surface area contributed by atoms with Gasteiger partial charge < -0.3 is 29.4 Å². The van der Waals surface area contributed by atoms with Crippen molar-refractivity contribution in [2.24, 2.45) is 5.92 Å². The minimum absolute atomic E-state index is 0.0139. The van der Waals surface area contributed by atoms with Gasteiger partial charge in [0.05, 0.1) is 49.3 Å². The maximum absolute atomic E-state index is 12.9. The number of fused-ring (bicyclic) bond motifs is 3. The molecule has 1 fully saturated rings. The van der Waals surface area contributed by atoms with Gasteiger partial charge in [-0.25, -0.2) is 0 Å². The Morgan fingerprint density at radius 1 is 1.18 bits per heavy atom. The van der Waals surface area contributed by atoms with Crippen molar-refractivity contribution in [2.45, 2.75) is 108 Å². The van der Waals surface area contributed by atoms with Gasteiger partial charge in [-0.3, -0.25) is 4.79 Å². The summed E-state index contributed by atoms with van der Waals surface area (Å²) < 4.78 is 23.8. The molecule has 0 aromatic heterocycles. The summed E-state index contributed by atoms with van der Waals surface area (Å²) in [6, 6.07) is -0.326. The molecule has 210 valence electrons. The van der Waals surface area contributed by atoms with E-state index in [4.69, 9.17) is 18.9 Å². The van der Waals surface area contributed by atoms with Gasteiger partial charge in [0.2, 0.25) is 5.91 Å². The van der Waals surface area contributed by atoms with Crippen LogP contribution >= 0.6 is 0 Å². The highest BCUT2D eigenvalue weighted by atomic mass is 16.6. The van der Waals surface area contributed by atoms with Gasteiger partial charge in [-0.1, -0.05) is 61.1 Å². The third-order valence-electron chi connectivity index (χ3n) is 7.82. The molecule has 4 rings (SSSR count). The molecule has 0 aromatic rings. The molecule has 1 amide bonds. The Morgan fingerprint density at radius 2 is 2.03 bits per heavy atom. The number of aliphatic hydroxyl groups is 1. The molecule has 38 heavy (non-hydrogen) atoms. The van der Waals surface area contributed by atoms with E-state index < -0.39 is 6.10 Å². The van der Waals surface area contributed by atoms with E-state index in [9.17, 15) is 9.90 Å². The number of amides is 1. The van der Waals surface area contributed by atoms with Gasteiger partial charge in [0.25, 0.3) is 0 Å². The lowest BCUT2D eigenvalue weighted by atomic mass is 9.90. The summed E-state index contributed by atoms with van der Waals surface area (Å²) in [4.78, 5) is 12.9. The molecule has 0 spiro atoms. The van der Waals surface area contributed by atoms with Crippen molar-refractivity contribution in [3.63, 3.8) is 0 Å². The largest absolute Gasteiger partial charge is 0.390 e. The number of aliphatic hydroxyl groups excluding tert-OH is 1. The maximum atomic E-state index is 12.9. The molecule has 0 radical (unpaired) electrons. The molecule has 2 N–H and O–H groups in total. The topological polar surface area (TPSA) is 89.6 Å². The lowest BCUT2D eigenvalue weighted by molar-refractivity contribution is -0.118. The smallest absolute Gasteiger partial charge is 0.243 e. The van der Waals surface area contributed by atoms with Crippen LogP contribution in [-0.2, 0) is 23.7 Å². The number of epoxide rings is 1. The Kier molecular flexibility index (Phi) is 10.6. The summed E-state index contributed by atoms with van der Waals surface area (Å²) in [5, 5.41) is 14.0. The summed E-state index contributed by atoms with van der Waals surface area (Å²) >= 11 is 0. The van der Waals surface area contributed by atoms with E-state index in [1.807, 2.05) is 18.2 Å². The quantitative estimate of drug-likeness (QED) is 0.418. The Hall–Kier alpha value is -2.03. The van der Waals surface area contributed by atoms with Crippen LogP contribution in [0.15, 0.2) is 60.3 Å². The molecule has 0 aromatic carbocycles. The molecule has 1 saturated heterocycles. The third-order valence-corrected chi connectivity index (χ3v) is 7.82. The van der Waals surface area contributed by atoms with E-state index in [0.717, 1.165) is 31.3 Å². The Morgan fingerprint density at radius 3 is 2.82 bits per heavy atom. The second kappa shape index (κ2) is 13.9. The number of rotatable bonds is 4. The monoisotopic (exact) mass is 527 g/mol. The molecule has 4 aliphatic rings. The molecular weight excluding hydrogens is 482 g/mol. The first-order valence-corrected chi connectivity index (χ1v) is 14.1. The van der Waals surface area contributed by atoms with Gasteiger partial charge in [0.1, 0.15) is 6.10 Å². The van der Waals surface area contributed by atoms with Crippen molar-refractivity contribution in [1.82, 2.24) is 5.32 Å². The Bertz CT molecular complexity index is 939. The van der Waals surface area contributed by atoms with Crippen LogP contribution in [0.2, 0.25) is 0 Å². The lowest BCUT2D eigenvalue weighted by Gasteiger charge is -2.28. The van der Waals surface area contributed by atoms with Crippen molar-refractivity contribution in [1.29, 1.82) is 0 Å². The van der Waals surface area contributed by atoms with Crippen LogP contribution in [0, 0.1) is 5.92 Å². The fourth-order valence-corrected chi connectivity index (χ4v) is 5.79. The number of nitrogens with one attached hydrogen (secondary N) is 1. The molecular formula is C31H45NO6. The van der Waals surface area contributed by atoms with Crippen LogP contribution in [0.1, 0.15) is 58.8 Å². The van der Waals surface area contributed by atoms with Crippen LogP contribution in [0.3, 0.4) is 0 Å². The first kappa shape index (κ1) is 29.0. The van der Waals surface area contributed by atoms with Crippen LogP contribution in [-0.4, -0.2) is 73.5 Å². The van der Waals surface area contributed by atoms with Gasteiger partial charge in [-0.15, -0.1) is 0 Å². The van der Waals surface area contributed by atoms with E-state index >= 15 is 0 Å². The molecule has 7 heteroatoms. The fourth-order valence-electron chi connectivity index (χ4n) is 5.79. The Labute approximate surface area is 227 Å². The molecule has 7 nitrogen and oxygen atoms in total.